The third kappa shape index (κ3) is 54.1. The molecule has 0 aromatic heterocycles. The molecule has 6 nitrogen and oxygen atoms in total. The van der Waals surface area contributed by atoms with Crippen LogP contribution in [0.1, 0.15) is 297 Å². The standard InChI is InChI=1S/C62H110O6/c1-4-7-10-13-16-19-22-25-27-29-30-31-32-34-35-37-40-43-46-49-52-55-61(64)67-58-59(57-66-60(63)54-51-48-45-42-39-24-21-18-15-12-9-6-3)68-62(65)56-53-50-47-44-41-38-36-33-28-26-23-20-17-14-11-8-5-2/h8,11,17,20,25-28,36,38,59H,4-7,9-10,12-16,18-19,21-24,29-35,37,39-58H2,1-3H3/b11-8-,20-17-,27-25-,28-26-,38-36-/t59-/m0/s1. The Morgan fingerprint density at radius 1 is 0.309 bits per heavy atom. The van der Waals surface area contributed by atoms with Crippen LogP contribution >= 0.6 is 0 Å². The van der Waals surface area contributed by atoms with Gasteiger partial charge in [-0.2, -0.15) is 0 Å². The lowest BCUT2D eigenvalue weighted by atomic mass is 10.0. The highest BCUT2D eigenvalue weighted by atomic mass is 16.6. The van der Waals surface area contributed by atoms with Crippen molar-refractivity contribution >= 4 is 17.9 Å². The molecule has 0 aliphatic rings. The van der Waals surface area contributed by atoms with E-state index in [0.717, 1.165) is 96.3 Å². The highest BCUT2D eigenvalue weighted by Crippen LogP contribution is 2.16. The zero-order chi connectivity index (χ0) is 49.3. The smallest absolute Gasteiger partial charge is 0.306 e. The Morgan fingerprint density at radius 3 is 0.912 bits per heavy atom. The van der Waals surface area contributed by atoms with Crippen LogP contribution in [0.25, 0.3) is 0 Å². The van der Waals surface area contributed by atoms with Gasteiger partial charge in [0, 0.05) is 19.3 Å². The van der Waals surface area contributed by atoms with Gasteiger partial charge in [0.05, 0.1) is 0 Å². The third-order valence-electron chi connectivity index (χ3n) is 12.8. The number of hydrogen-bond acceptors (Lipinski definition) is 6. The van der Waals surface area contributed by atoms with E-state index in [1.54, 1.807) is 0 Å². The number of allylic oxidation sites excluding steroid dienone is 10. The molecule has 0 saturated heterocycles. The van der Waals surface area contributed by atoms with Gasteiger partial charge in [0.1, 0.15) is 13.2 Å². The molecule has 0 rings (SSSR count). The number of ether oxygens (including phenoxy) is 3. The van der Waals surface area contributed by atoms with E-state index in [-0.39, 0.29) is 31.1 Å². The van der Waals surface area contributed by atoms with Gasteiger partial charge in [-0.25, -0.2) is 0 Å². The van der Waals surface area contributed by atoms with Crippen molar-refractivity contribution in [3.05, 3.63) is 60.8 Å². The Labute approximate surface area is 421 Å². The number of esters is 3. The van der Waals surface area contributed by atoms with Gasteiger partial charge in [0.25, 0.3) is 0 Å². The molecule has 0 aliphatic carbocycles. The van der Waals surface area contributed by atoms with Crippen molar-refractivity contribution in [3.63, 3.8) is 0 Å². The fourth-order valence-corrected chi connectivity index (χ4v) is 8.37. The Bertz CT molecular complexity index is 1230. The van der Waals surface area contributed by atoms with Crippen LogP contribution < -0.4 is 0 Å². The van der Waals surface area contributed by atoms with Crippen molar-refractivity contribution in [3.8, 4) is 0 Å². The monoisotopic (exact) mass is 951 g/mol. The summed E-state index contributed by atoms with van der Waals surface area (Å²) < 4.78 is 16.9. The first-order valence-electron chi connectivity index (χ1n) is 29.3. The van der Waals surface area contributed by atoms with Gasteiger partial charge in [-0.3, -0.25) is 14.4 Å². The lowest BCUT2D eigenvalue weighted by molar-refractivity contribution is -0.167. The number of unbranched alkanes of at least 4 members (excludes halogenated alkanes) is 32. The highest BCUT2D eigenvalue weighted by molar-refractivity contribution is 5.71. The number of hydrogen-bond donors (Lipinski definition) is 0. The molecule has 0 amide bonds. The van der Waals surface area contributed by atoms with Gasteiger partial charge < -0.3 is 14.2 Å². The second-order valence-electron chi connectivity index (χ2n) is 19.5. The summed E-state index contributed by atoms with van der Waals surface area (Å²) in [6, 6.07) is 0. The van der Waals surface area contributed by atoms with E-state index < -0.39 is 6.10 Å². The maximum absolute atomic E-state index is 12.8. The van der Waals surface area contributed by atoms with E-state index in [0.29, 0.717) is 19.3 Å². The molecule has 1 atom stereocenters. The molecule has 0 saturated carbocycles. The van der Waals surface area contributed by atoms with Crippen LogP contribution in [0.5, 0.6) is 0 Å². The second kappa shape index (κ2) is 56.7. The van der Waals surface area contributed by atoms with E-state index in [1.165, 1.54) is 161 Å². The minimum Gasteiger partial charge on any atom is -0.462 e. The molecule has 6 heteroatoms. The topological polar surface area (TPSA) is 78.9 Å². The summed E-state index contributed by atoms with van der Waals surface area (Å²) in [6.45, 7) is 6.53. The molecular formula is C62H110O6. The minimum absolute atomic E-state index is 0.0817. The summed E-state index contributed by atoms with van der Waals surface area (Å²) in [7, 11) is 0. The Kier molecular flexibility index (Phi) is 54.3. The average molecular weight is 952 g/mol. The summed E-state index contributed by atoms with van der Waals surface area (Å²) in [4.78, 5) is 38.1. The third-order valence-corrected chi connectivity index (χ3v) is 12.8. The van der Waals surface area contributed by atoms with Gasteiger partial charge in [0.2, 0.25) is 0 Å². The first-order valence-corrected chi connectivity index (χ1v) is 29.3. The molecule has 0 heterocycles. The number of carbonyl (C=O) groups excluding carboxylic acids is 3. The largest absolute Gasteiger partial charge is 0.462 e. The number of rotatable bonds is 53. The lowest BCUT2D eigenvalue weighted by Crippen LogP contribution is -2.30. The van der Waals surface area contributed by atoms with Crippen LogP contribution in [-0.4, -0.2) is 37.2 Å². The summed E-state index contributed by atoms with van der Waals surface area (Å²) in [5.74, 6) is -0.894. The van der Waals surface area contributed by atoms with E-state index in [1.807, 2.05) is 0 Å². The van der Waals surface area contributed by atoms with Crippen LogP contribution in [0, 0.1) is 0 Å². The van der Waals surface area contributed by atoms with Crippen LogP contribution in [-0.2, 0) is 28.6 Å². The molecule has 0 aromatic rings. The number of carbonyl (C=O) groups is 3. The van der Waals surface area contributed by atoms with E-state index >= 15 is 0 Å². The zero-order valence-electron chi connectivity index (χ0n) is 45.1. The zero-order valence-corrected chi connectivity index (χ0v) is 45.1. The fraction of sp³-hybridized carbons (Fsp3) is 0.790. The second-order valence-corrected chi connectivity index (χ2v) is 19.5. The Balaban J connectivity index is 4.34. The molecule has 394 valence electrons. The van der Waals surface area contributed by atoms with Gasteiger partial charge in [-0.15, -0.1) is 0 Å². The molecule has 0 bridgehead atoms. The molecule has 0 N–H and O–H groups in total. The van der Waals surface area contributed by atoms with Gasteiger partial charge in [0.15, 0.2) is 6.10 Å². The molecule has 0 radical (unpaired) electrons. The van der Waals surface area contributed by atoms with Crippen molar-refractivity contribution < 1.29 is 28.6 Å². The summed E-state index contributed by atoms with van der Waals surface area (Å²) >= 11 is 0. The van der Waals surface area contributed by atoms with E-state index in [2.05, 4.69) is 81.5 Å². The van der Waals surface area contributed by atoms with E-state index in [9.17, 15) is 14.4 Å². The first-order chi connectivity index (χ1) is 33.5. The van der Waals surface area contributed by atoms with Gasteiger partial charge in [-0.05, 0) is 83.5 Å². The maximum Gasteiger partial charge on any atom is 0.306 e. The van der Waals surface area contributed by atoms with Crippen molar-refractivity contribution in [1.29, 1.82) is 0 Å². The van der Waals surface area contributed by atoms with Crippen molar-refractivity contribution in [2.75, 3.05) is 13.2 Å². The highest BCUT2D eigenvalue weighted by Gasteiger charge is 2.19. The molecule has 0 spiro atoms. The minimum atomic E-state index is -0.785. The average Bonchev–Trinajstić information content (AvgIpc) is 3.34. The molecule has 0 unspecified atom stereocenters. The predicted octanol–water partition coefficient (Wildman–Crippen LogP) is 19.6. The van der Waals surface area contributed by atoms with E-state index in [4.69, 9.17) is 14.2 Å². The molecular weight excluding hydrogens is 841 g/mol. The molecule has 68 heavy (non-hydrogen) atoms. The maximum atomic E-state index is 12.8. The summed E-state index contributed by atoms with van der Waals surface area (Å²) in [5.41, 5.74) is 0. The molecule has 0 aromatic carbocycles. The first kappa shape index (κ1) is 65.1. The Hall–Kier alpha value is -2.89. The van der Waals surface area contributed by atoms with Crippen LogP contribution in [0.3, 0.4) is 0 Å². The van der Waals surface area contributed by atoms with Crippen molar-refractivity contribution in [2.24, 2.45) is 0 Å². The van der Waals surface area contributed by atoms with Crippen LogP contribution in [0.2, 0.25) is 0 Å². The quantitative estimate of drug-likeness (QED) is 0.0262. The Morgan fingerprint density at radius 2 is 0.574 bits per heavy atom. The summed E-state index contributed by atoms with van der Waals surface area (Å²) in [5, 5.41) is 0. The van der Waals surface area contributed by atoms with Crippen molar-refractivity contribution in [2.45, 2.75) is 303 Å². The molecule has 0 aliphatic heterocycles. The summed E-state index contributed by atoms with van der Waals surface area (Å²) in [6.07, 6.45) is 70.7. The van der Waals surface area contributed by atoms with Gasteiger partial charge in [-0.1, -0.05) is 255 Å². The SMILES string of the molecule is CC/C=C\C/C=C\C/C=C\C/C=C\CCCCCCC(=O)O[C@@H](COC(=O)CCCCCCCCCCCCCC)COC(=O)CCCCCCCCCCCCC/C=C\CCCCCCCC. The normalized spacial score (nSPS) is 12.5. The van der Waals surface area contributed by atoms with Crippen LogP contribution in [0.4, 0.5) is 0 Å². The lowest BCUT2D eigenvalue weighted by Gasteiger charge is -2.18. The predicted molar refractivity (Wildman–Crippen MR) is 293 cm³/mol. The van der Waals surface area contributed by atoms with Crippen LogP contribution in [0.15, 0.2) is 60.8 Å². The van der Waals surface area contributed by atoms with Crippen molar-refractivity contribution in [1.82, 2.24) is 0 Å². The fourth-order valence-electron chi connectivity index (χ4n) is 8.37. The molecule has 0 fully saturated rings. The van der Waals surface area contributed by atoms with Gasteiger partial charge >= 0.3 is 17.9 Å².